The van der Waals surface area contributed by atoms with Crippen molar-refractivity contribution in [1.82, 2.24) is 5.32 Å². The number of nitrogens with one attached hydrogen (secondary N) is 1. The van der Waals surface area contributed by atoms with Crippen LogP contribution in [0.15, 0.2) is 24.3 Å². The summed E-state index contributed by atoms with van der Waals surface area (Å²) in [6.07, 6.45) is 8.43. The Hall–Kier alpha value is -0.570. The minimum absolute atomic E-state index is 0.00816. The van der Waals surface area contributed by atoms with Gasteiger partial charge in [-0.05, 0) is 66.5 Å². The van der Waals surface area contributed by atoms with Crippen LogP contribution in [-0.4, -0.2) is 17.3 Å². The van der Waals surface area contributed by atoms with Crippen molar-refractivity contribution in [2.24, 2.45) is 28.6 Å². The van der Waals surface area contributed by atoms with E-state index in [0.717, 1.165) is 42.2 Å². The second-order valence-corrected chi connectivity index (χ2v) is 11.3. The highest BCUT2D eigenvalue weighted by atomic mass is 35.5. The smallest absolute Gasteiger partial charge is 0.0752 e. The molecule has 3 rings (SSSR count). The second-order valence-electron chi connectivity index (χ2n) is 10.9. The van der Waals surface area contributed by atoms with Crippen molar-refractivity contribution >= 4 is 11.6 Å². The van der Waals surface area contributed by atoms with Crippen molar-refractivity contribution in [3.05, 3.63) is 34.9 Å². The van der Waals surface area contributed by atoms with Crippen LogP contribution < -0.4 is 5.32 Å². The molecule has 0 spiro atoms. The Morgan fingerprint density at radius 2 is 1.83 bits per heavy atom. The van der Waals surface area contributed by atoms with Crippen molar-refractivity contribution in [2.45, 2.75) is 98.3 Å². The van der Waals surface area contributed by atoms with E-state index in [-0.39, 0.29) is 23.0 Å². The Kier molecular flexibility index (Phi) is 7.40. The third-order valence-corrected chi connectivity index (χ3v) is 8.93. The van der Waals surface area contributed by atoms with E-state index in [1.807, 2.05) is 18.2 Å². The summed E-state index contributed by atoms with van der Waals surface area (Å²) >= 11 is 6.13. The number of benzene rings is 1. The molecule has 2 saturated carbocycles. The van der Waals surface area contributed by atoms with Gasteiger partial charge in [0, 0.05) is 23.0 Å². The van der Waals surface area contributed by atoms with Gasteiger partial charge in [0.25, 0.3) is 0 Å². The fourth-order valence-electron chi connectivity index (χ4n) is 6.57. The summed E-state index contributed by atoms with van der Waals surface area (Å²) in [5.41, 5.74) is 1.44. The van der Waals surface area contributed by atoms with Crippen molar-refractivity contribution in [3.63, 3.8) is 0 Å². The summed E-state index contributed by atoms with van der Waals surface area (Å²) < 4.78 is 0. The molecule has 0 bridgehead atoms. The van der Waals surface area contributed by atoms with E-state index in [0.29, 0.717) is 0 Å². The number of hydrogen-bond donors (Lipinski definition) is 2. The van der Waals surface area contributed by atoms with Crippen LogP contribution in [0.2, 0.25) is 5.02 Å². The normalized spacial score (nSPS) is 35.7. The average Bonchev–Trinajstić information content (AvgIpc) is 2.94. The monoisotopic (exact) mass is 419 g/mol. The second kappa shape index (κ2) is 9.28. The molecule has 2 N–H and O–H groups in total. The van der Waals surface area contributed by atoms with Crippen LogP contribution in [0.5, 0.6) is 0 Å². The van der Waals surface area contributed by atoms with Crippen LogP contribution in [0.3, 0.4) is 0 Å². The highest BCUT2D eigenvalue weighted by molar-refractivity contribution is 6.30. The molecule has 2 fully saturated rings. The molecular weight excluding hydrogens is 378 g/mol. The SMILES string of the molecule is CC(C)CCC[C@@H](C)[C@H]1CC[C@@]2(C)[C@@H](O)[C@@H](NCc3cccc(Cl)c3)CC[C@]12C. The molecule has 29 heavy (non-hydrogen) atoms. The highest BCUT2D eigenvalue weighted by Gasteiger charge is 2.61. The van der Waals surface area contributed by atoms with Gasteiger partial charge in [-0.2, -0.15) is 0 Å². The molecule has 2 aliphatic rings. The molecule has 0 saturated heterocycles. The Morgan fingerprint density at radius 3 is 2.52 bits per heavy atom. The maximum atomic E-state index is 11.5. The zero-order valence-electron chi connectivity index (χ0n) is 19.2. The van der Waals surface area contributed by atoms with Crippen molar-refractivity contribution in [1.29, 1.82) is 0 Å². The molecule has 0 aromatic heterocycles. The molecule has 2 aliphatic carbocycles. The number of fused-ring (bicyclic) bond motifs is 1. The molecule has 0 aliphatic heterocycles. The number of rotatable bonds is 8. The maximum Gasteiger partial charge on any atom is 0.0752 e. The first-order chi connectivity index (χ1) is 13.7. The van der Waals surface area contributed by atoms with Gasteiger partial charge in [-0.15, -0.1) is 0 Å². The number of aliphatic hydroxyl groups excluding tert-OH is 1. The van der Waals surface area contributed by atoms with Gasteiger partial charge in [0.2, 0.25) is 0 Å². The fourth-order valence-corrected chi connectivity index (χ4v) is 6.78. The number of hydrogen-bond acceptors (Lipinski definition) is 2. The molecule has 164 valence electrons. The summed E-state index contributed by atoms with van der Waals surface area (Å²) in [6.45, 7) is 12.7. The van der Waals surface area contributed by atoms with Crippen LogP contribution in [0.4, 0.5) is 0 Å². The Morgan fingerprint density at radius 1 is 1.10 bits per heavy atom. The van der Waals surface area contributed by atoms with Crippen LogP contribution >= 0.6 is 11.6 Å². The van der Waals surface area contributed by atoms with E-state index in [1.54, 1.807) is 0 Å². The van der Waals surface area contributed by atoms with Gasteiger partial charge < -0.3 is 10.4 Å². The van der Waals surface area contributed by atoms with E-state index in [9.17, 15) is 5.11 Å². The zero-order chi connectivity index (χ0) is 21.2. The predicted octanol–water partition coefficient (Wildman–Crippen LogP) is 6.84. The molecular formula is C26H42ClNO. The van der Waals surface area contributed by atoms with Gasteiger partial charge in [0.1, 0.15) is 0 Å². The standard InChI is InChI=1S/C26H42ClNO/c1-18(2)8-6-9-19(3)22-12-14-26(5)24(29)23(13-15-25(22,26)4)28-17-20-10-7-11-21(27)16-20/h7,10-11,16,18-19,22-24,28-29H,6,8-9,12-15,17H2,1-5H3/t19-,22-,23+,24+,25-,26+/m1/s1. The topological polar surface area (TPSA) is 32.3 Å². The third-order valence-electron chi connectivity index (χ3n) is 8.69. The summed E-state index contributed by atoms with van der Waals surface area (Å²) in [5, 5.41) is 15.9. The minimum Gasteiger partial charge on any atom is -0.391 e. The summed E-state index contributed by atoms with van der Waals surface area (Å²) in [6, 6.07) is 8.19. The average molecular weight is 420 g/mol. The largest absolute Gasteiger partial charge is 0.391 e. The van der Waals surface area contributed by atoms with Crippen LogP contribution in [-0.2, 0) is 6.54 Å². The van der Waals surface area contributed by atoms with E-state index in [2.05, 4.69) is 46.0 Å². The van der Waals surface area contributed by atoms with E-state index >= 15 is 0 Å². The van der Waals surface area contributed by atoms with Crippen LogP contribution in [0, 0.1) is 28.6 Å². The minimum atomic E-state index is -0.284. The summed E-state index contributed by atoms with van der Waals surface area (Å²) in [7, 11) is 0. The van der Waals surface area contributed by atoms with Gasteiger partial charge in [0.15, 0.2) is 0 Å². The molecule has 3 heteroatoms. The fraction of sp³-hybridized carbons (Fsp3) is 0.769. The Balaban J connectivity index is 1.64. The predicted molar refractivity (Wildman–Crippen MR) is 124 cm³/mol. The maximum absolute atomic E-state index is 11.5. The van der Waals surface area contributed by atoms with Gasteiger partial charge >= 0.3 is 0 Å². The van der Waals surface area contributed by atoms with E-state index in [1.165, 1.54) is 37.7 Å². The van der Waals surface area contributed by atoms with E-state index < -0.39 is 0 Å². The van der Waals surface area contributed by atoms with Crippen LogP contribution in [0.1, 0.15) is 85.1 Å². The summed E-state index contributed by atoms with van der Waals surface area (Å²) in [5.74, 6) is 2.29. The Bertz CT molecular complexity index is 676. The van der Waals surface area contributed by atoms with Crippen molar-refractivity contribution < 1.29 is 5.11 Å². The molecule has 0 amide bonds. The molecule has 0 unspecified atom stereocenters. The van der Waals surface area contributed by atoms with Crippen molar-refractivity contribution in [3.8, 4) is 0 Å². The first-order valence-corrected chi connectivity index (χ1v) is 12.2. The molecule has 6 atom stereocenters. The molecule has 2 nitrogen and oxygen atoms in total. The van der Waals surface area contributed by atoms with Crippen molar-refractivity contribution in [2.75, 3.05) is 0 Å². The lowest BCUT2D eigenvalue weighted by molar-refractivity contribution is -0.113. The molecule has 1 aromatic carbocycles. The zero-order valence-corrected chi connectivity index (χ0v) is 19.9. The quantitative estimate of drug-likeness (QED) is 0.483. The van der Waals surface area contributed by atoms with E-state index in [4.69, 9.17) is 11.6 Å². The Labute approximate surface area is 183 Å². The van der Waals surface area contributed by atoms with Crippen LogP contribution in [0.25, 0.3) is 0 Å². The molecule has 0 heterocycles. The van der Waals surface area contributed by atoms with Gasteiger partial charge in [0.05, 0.1) is 6.10 Å². The molecule has 0 radical (unpaired) electrons. The lowest BCUT2D eigenvalue weighted by atomic mass is 9.53. The lowest BCUT2D eigenvalue weighted by Crippen LogP contribution is -2.58. The number of aliphatic hydroxyl groups is 1. The van der Waals surface area contributed by atoms with Gasteiger partial charge in [-0.3, -0.25) is 0 Å². The first kappa shape index (κ1) is 23.1. The summed E-state index contributed by atoms with van der Waals surface area (Å²) in [4.78, 5) is 0. The number of halogens is 1. The van der Waals surface area contributed by atoms with Gasteiger partial charge in [-0.25, -0.2) is 0 Å². The van der Waals surface area contributed by atoms with Gasteiger partial charge in [-0.1, -0.05) is 77.6 Å². The molecule has 1 aromatic rings. The lowest BCUT2D eigenvalue weighted by Gasteiger charge is -2.55. The first-order valence-electron chi connectivity index (χ1n) is 11.8. The third kappa shape index (κ3) is 4.70. The highest BCUT2D eigenvalue weighted by Crippen LogP contribution is 2.65.